The lowest BCUT2D eigenvalue weighted by atomic mass is 9.93. The number of hydrogen-bond acceptors (Lipinski definition) is 5. The maximum atomic E-state index is 12.5. The van der Waals surface area contributed by atoms with Crippen LogP contribution in [0.1, 0.15) is 48.9 Å². The first-order valence-electron chi connectivity index (χ1n) is 8.58. The van der Waals surface area contributed by atoms with Crippen LogP contribution in [0.15, 0.2) is 23.1 Å². The fourth-order valence-electron chi connectivity index (χ4n) is 3.00. The third kappa shape index (κ3) is 4.50. The summed E-state index contributed by atoms with van der Waals surface area (Å²) in [6, 6.07) is 4.39. The van der Waals surface area contributed by atoms with Gasteiger partial charge >= 0.3 is 0 Å². The maximum Gasteiger partial charge on any atom is 0.251 e. The highest BCUT2D eigenvalue weighted by Gasteiger charge is 2.30. The summed E-state index contributed by atoms with van der Waals surface area (Å²) in [6.45, 7) is 0. The van der Waals surface area contributed by atoms with Crippen molar-refractivity contribution < 1.29 is 23.1 Å². The zero-order valence-corrected chi connectivity index (χ0v) is 15.0. The van der Waals surface area contributed by atoms with E-state index in [1.54, 1.807) is 6.07 Å². The normalized spacial score (nSPS) is 23.9. The summed E-state index contributed by atoms with van der Waals surface area (Å²) in [4.78, 5) is 12.5. The Morgan fingerprint density at radius 3 is 2.36 bits per heavy atom. The quantitative estimate of drug-likeness (QED) is 0.699. The van der Waals surface area contributed by atoms with Crippen LogP contribution in [0.4, 0.5) is 0 Å². The second-order valence-electron chi connectivity index (χ2n) is 6.74. The Hall–Kier alpha value is -1.64. The van der Waals surface area contributed by atoms with Gasteiger partial charge in [0.2, 0.25) is 10.0 Å². The topological polar surface area (TPSA) is 105 Å². The molecule has 2 saturated carbocycles. The number of nitrogens with one attached hydrogen (secondary N) is 2. The highest BCUT2D eigenvalue weighted by atomic mass is 32.2. The summed E-state index contributed by atoms with van der Waals surface area (Å²) in [6.07, 6.45) is 4.13. The molecule has 1 aromatic carbocycles. The van der Waals surface area contributed by atoms with Crippen molar-refractivity contribution in [3.63, 3.8) is 0 Å². The van der Waals surface area contributed by atoms with Gasteiger partial charge in [0.1, 0.15) is 10.6 Å². The SMILES string of the molecule is COc1ccc(C(=O)NC2CCC(O)CC2)cc1S(=O)(=O)NC1CC1. The van der Waals surface area contributed by atoms with E-state index in [-0.39, 0.29) is 40.3 Å². The molecule has 1 amide bonds. The molecule has 2 fully saturated rings. The van der Waals surface area contributed by atoms with E-state index in [9.17, 15) is 18.3 Å². The Morgan fingerprint density at radius 2 is 1.76 bits per heavy atom. The van der Waals surface area contributed by atoms with Gasteiger partial charge in [0.05, 0.1) is 13.2 Å². The van der Waals surface area contributed by atoms with Crippen molar-refractivity contribution in [3.8, 4) is 5.75 Å². The number of ether oxygens (including phenoxy) is 1. The van der Waals surface area contributed by atoms with E-state index in [1.807, 2.05) is 0 Å². The summed E-state index contributed by atoms with van der Waals surface area (Å²) in [5.74, 6) is -0.0996. The molecule has 8 heteroatoms. The number of carbonyl (C=O) groups excluding carboxylic acids is 1. The Kier molecular flexibility index (Phi) is 5.31. The van der Waals surface area contributed by atoms with Crippen LogP contribution in [-0.2, 0) is 10.0 Å². The van der Waals surface area contributed by atoms with Crippen molar-refractivity contribution >= 4 is 15.9 Å². The van der Waals surface area contributed by atoms with E-state index in [2.05, 4.69) is 10.0 Å². The van der Waals surface area contributed by atoms with Crippen molar-refractivity contribution in [2.75, 3.05) is 7.11 Å². The number of carbonyl (C=O) groups is 1. The number of amides is 1. The van der Waals surface area contributed by atoms with E-state index in [1.165, 1.54) is 19.2 Å². The van der Waals surface area contributed by atoms with Crippen LogP contribution in [0.5, 0.6) is 5.75 Å². The van der Waals surface area contributed by atoms with Gasteiger partial charge in [-0.3, -0.25) is 4.79 Å². The lowest BCUT2D eigenvalue weighted by Crippen LogP contribution is -2.38. The van der Waals surface area contributed by atoms with Crippen molar-refractivity contribution in [3.05, 3.63) is 23.8 Å². The second kappa shape index (κ2) is 7.31. The molecular formula is C17H24N2O5S. The standard InChI is InChI=1S/C17H24N2O5S/c1-24-15-9-2-11(10-16(15)25(22,23)19-13-3-4-13)17(21)18-12-5-7-14(20)8-6-12/h2,9-10,12-14,19-20H,3-8H2,1H3,(H,18,21). The Balaban J connectivity index is 1.77. The van der Waals surface area contributed by atoms with E-state index >= 15 is 0 Å². The third-order valence-electron chi connectivity index (χ3n) is 4.65. The maximum absolute atomic E-state index is 12.5. The lowest BCUT2D eigenvalue weighted by Gasteiger charge is -2.26. The minimum Gasteiger partial charge on any atom is -0.495 e. The van der Waals surface area contributed by atoms with Crippen LogP contribution in [0, 0.1) is 0 Å². The fraction of sp³-hybridized carbons (Fsp3) is 0.588. The Morgan fingerprint density at radius 1 is 1.12 bits per heavy atom. The lowest BCUT2D eigenvalue weighted by molar-refractivity contribution is 0.0867. The number of benzene rings is 1. The monoisotopic (exact) mass is 368 g/mol. The first-order chi connectivity index (χ1) is 11.9. The van der Waals surface area contributed by atoms with Gasteiger partial charge in [0.15, 0.2) is 0 Å². The van der Waals surface area contributed by atoms with E-state index in [0.29, 0.717) is 12.8 Å². The first-order valence-corrected chi connectivity index (χ1v) is 10.1. The average Bonchev–Trinajstić information content (AvgIpc) is 3.39. The molecule has 2 aliphatic rings. The van der Waals surface area contributed by atoms with Crippen LogP contribution in [-0.4, -0.2) is 44.7 Å². The van der Waals surface area contributed by atoms with Gasteiger partial charge in [-0.25, -0.2) is 13.1 Å². The predicted molar refractivity (Wildman–Crippen MR) is 92.1 cm³/mol. The van der Waals surface area contributed by atoms with Crippen molar-refractivity contribution in [1.29, 1.82) is 0 Å². The minimum atomic E-state index is -3.72. The summed E-state index contributed by atoms with van der Waals surface area (Å²) in [7, 11) is -2.32. The molecule has 25 heavy (non-hydrogen) atoms. The van der Waals surface area contributed by atoms with E-state index in [4.69, 9.17) is 4.74 Å². The second-order valence-corrected chi connectivity index (χ2v) is 8.42. The fourth-order valence-corrected chi connectivity index (χ4v) is 4.50. The van der Waals surface area contributed by atoms with Gasteiger partial charge < -0.3 is 15.2 Å². The predicted octanol–water partition coefficient (Wildman–Crippen LogP) is 1.17. The third-order valence-corrected chi connectivity index (χ3v) is 6.19. The molecule has 0 aromatic heterocycles. The molecule has 3 rings (SSSR count). The number of methoxy groups -OCH3 is 1. The summed E-state index contributed by atoms with van der Waals surface area (Å²) < 4.78 is 32.8. The largest absolute Gasteiger partial charge is 0.495 e. The van der Waals surface area contributed by atoms with Crippen LogP contribution < -0.4 is 14.8 Å². The molecule has 0 saturated heterocycles. The van der Waals surface area contributed by atoms with Gasteiger partial charge in [0, 0.05) is 17.6 Å². The molecule has 138 valence electrons. The minimum absolute atomic E-state index is 0.00245. The van der Waals surface area contributed by atoms with E-state index < -0.39 is 10.0 Å². The molecule has 0 unspecified atom stereocenters. The van der Waals surface area contributed by atoms with Gasteiger partial charge in [-0.2, -0.15) is 0 Å². The highest BCUT2D eigenvalue weighted by Crippen LogP contribution is 2.28. The zero-order valence-electron chi connectivity index (χ0n) is 14.2. The van der Waals surface area contributed by atoms with Gasteiger partial charge in [-0.15, -0.1) is 0 Å². The Bertz CT molecular complexity index is 737. The molecule has 0 spiro atoms. The molecule has 3 N–H and O–H groups in total. The highest BCUT2D eigenvalue weighted by molar-refractivity contribution is 7.89. The van der Waals surface area contributed by atoms with Crippen molar-refractivity contribution in [2.45, 2.75) is 61.6 Å². The van der Waals surface area contributed by atoms with Gasteiger partial charge in [0.25, 0.3) is 5.91 Å². The van der Waals surface area contributed by atoms with Crippen LogP contribution in [0.3, 0.4) is 0 Å². The molecule has 0 radical (unpaired) electrons. The van der Waals surface area contributed by atoms with Crippen molar-refractivity contribution in [1.82, 2.24) is 10.0 Å². The summed E-state index contributed by atoms with van der Waals surface area (Å²) in [5, 5.41) is 12.5. The van der Waals surface area contributed by atoms with Crippen molar-refractivity contribution in [2.24, 2.45) is 0 Å². The molecule has 7 nitrogen and oxygen atoms in total. The number of aliphatic hydroxyl groups excluding tert-OH is 1. The van der Waals surface area contributed by atoms with E-state index in [0.717, 1.165) is 25.7 Å². The summed E-state index contributed by atoms with van der Waals surface area (Å²) in [5.41, 5.74) is 0.281. The molecule has 0 bridgehead atoms. The first kappa shape index (κ1) is 18.2. The molecule has 0 heterocycles. The summed E-state index contributed by atoms with van der Waals surface area (Å²) >= 11 is 0. The molecular weight excluding hydrogens is 344 g/mol. The number of hydrogen-bond donors (Lipinski definition) is 3. The average molecular weight is 368 g/mol. The molecule has 0 aliphatic heterocycles. The Labute approximate surface area is 147 Å². The molecule has 2 aliphatic carbocycles. The van der Waals surface area contributed by atoms with Gasteiger partial charge in [-0.1, -0.05) is 0 Å². The van der Waals surface area contributed by atoms with Gasteiger partial charge in [-0.05, 0) is 56.7 Å². The zero-order chi connectivity index (χ0) is 18.0. The van der Waals surface area contributed by atoms with Crippen LogP contribution >= 0.6 is 0 Å². The number of rotatable bonds is 6. The number of aliphatic hydroxyl groups is 1. The smallest absolute Gasteiger partial charge is 0.251 e. The van der Waals surface area contributed by atoms with Crippen LogP contribution in [0.25, 0.3) is 0 Å². The molecule has 1 aromatic rings. The molecule has 0 atom stereocenters. The number of sulfonamides is 1. The van der Waals surface area contributed by atoms with Crippen LogP contribution in [0.2, 0.25) is 0 Å².